The number of carboxylic acids is 1. The number of amides is 3. The van der Waals surface area contributed by atoms with Gasteiger partial charge in [0.15, 0.2) is 0 Å². The molecule has 0 unspecified atom stereocenters. The van der Waals surface area contributed by atoms with Gasteiger partial charge in [0.2, 0.25) is 0 Å². The maximum atomic E-state index is 12.5. The quantitative estimate of drug-likeness (QED) is 0.350. The molecular weight excluding hydrogens is 288 g/mol. The van der Waals surface area contributed by atoms with Crippen LogP contribution in [-0.2, 0) is 15.1 Å². The van der Waals surface area contributed by atoms with Gasteiger partial charge in [-0.1, -0.05) is 31.2 Å². The number of carbonyl (C=O) groups excluding carboxylic acids is 2. The first-order chi connectivity index (χ1) is 10.3. The van der Waals surface area contributed by atoms with Crippen molar-refractivity contribution < 1.29 is 19.5 Å². The number of nitrogen functional groups attached to an aromatic ring is 1. The molecule has 22 heavy (non-hydrogen) atoms. The molecule has 0 spiro atoms. The number of imide groups is 1. The lowest BCUT2D eigenvalue weighted by atomic mass is 9.86. The number of nitrogens with zero attached hydrogens (tertiary/aromatic N) is 1. The number of nitrogens with one attached hydrogen (secondary N) is 2. The minimum absolute atomic E-state index is 0.105. The summed E-state index contributed by atoms with van der Waals surface area (Å²) in [4.78, 5) is 35.9. The summed E-state index contributed by atoms with van der Waals surface area (Å²) in [5.74, 6) is -1.97. The zero-order chi connectivity index (χ0) is 16.5. The van der Waals surface area contributed by atoms with Crippen molar-refractivity contribution in [1.82, 2.24) is 10.2 Å². The Morgan fingerprint density at radius 1 is 1.36 bits per heavy atom. The molecule has 1 aromatic carbocycles. The highest BCUT2D eigenvalue weighted by atomic mass is 16.4. The molecule has 0 aliphatic carbocycles. The van der Waals surface area contributed by atoms with Gasteiger partial charge in [0.1, 0.15) is 17.9 Å². The second kappa shape index (κ2) is 5.47. The Kier molecular flexibility index (Phi) is 3.85. The smallest absolute Gasteiger partial charge is 0.325 e. The van der Waals surface area contributed by atoms with E-state index < -0.39 is 30.0 Å². The molecule has 1 saturated heterocycles. The predicted molar refractivity (Wildman–Crippen MR) is 77.3 cm³/mol. The molecule has 0 aromatic heterocycles. The molecule has 1 aromatic rings. The third kappa shape index (κ3) is 2.39. The lowest BCUT2D eigenvalue weighted by molar-refractivity contribution is -0.143. The molecule has 0 bridgehead atoms. The SMILES string of the molecule is CC[C@@]1(c2ccc(C(=N)N)cc2)NC(=O)N(CC(=O)O)C1=O. The highest BCUT2D eigenvalue weighted by Gasteiger charge is 2.51. The largest absolute Gasteiger partial charge is 0.480 e. The van der Waals surface area contributed by atoms with Crippen LogP contribution in [0.1, 0.15) is 24.5 Å². The van der Waals surface area contributed by atoms with E-state index in [2.05, 4.69) is 5.32 Å². The van der Waals surface area contributed by atoms with Crippen LogP contribution in [0.5, 0.6) is 0 Å². The fourth-order valence-corrected chi connectivity index (χ4v) is 2.48. The molecule has 1 aliphatic heterocycles. The Labute approximate surface area is 126 Å². The van der Waals surface area contributed by atoms with Crippen molar-refractivity contribution in [2.75, 3.05) is 6.54 Å². The van der Waals surface area contributed by atoms with E-state index in [9.17, 15) is 14.4 Å². The Balaban J connectivity index is 2.41. The van der Waals surface area contributed by atoms with E-state index >= 15 is 0 Å². The van der Waals surface area contributed by atoms with Gasteiger partial charge in [-0.15, -0.1) is 0 Å². The van der Waals surface area contributed by atoms with Gasteiger partial charge in [0.25, 0.3) is 5.91 Å². The van der Waals surface area contributed by atoms with E-state index in [-0.39, 0.29) is 12.3 Å². The summed E-state index contributed by atoms with van der Waals surface area (Å²) in [6, 6.07) is 5.62. The minimum Gasteiger partial charge on any atom is -0.480 e. The summed E-state index contributed by atoms with van der Waals surface area (Å²) in [6.07, 6.45) is 0.271. The van der Waals surface area contributed by atoms with Crippen LogP contribution in [0.4, 0.5) is 4.79 Å². The molecule has 0 saturated carbocycles. The number of hydrogen-bond acceptors (Lipinski definition) is 4. The number of amidine groups is 1. The fourth-order valence-electron chi connectivity index (χ4n) is 2.48. The molecule has 0 radical (unpaired) electrons. The topological polar surface area (TPSA) is 137 Å². The predicted octanol–water partition coefficient (Wildman–Crippen LogP) is 0.212. The average molecular weight is 304 g/mol. The second-order valence-electron chi connectivity index (χ2n) is 4.97. The molecule has 1 atom stereocenters. The van der Waals surface area contributed by atoms with E-state index in [1.807, 2.05) is 0 Å². The maximum absolute atomic E-state index is 12.5. The Hall–Kier alpha value is -2.90. The van der Waals surface area contributed by atoms with Crippen LogP contribution >= 0.6 is 0 Å². The third-order valence-electron chi connectivity index (χ3n) is 3.69. The number of benzene rings is 1. The van der Waals surface area contributed by atoms with E-state index in [1.54, 1.807) is 31.2 Å². The molecule has 1 fully saturated rings. The van der Waals surface area contributed by atoms with Crippen molar-refractivity contribution in [3.8, 4) is 0 Å². The van der Waals surface area contributed by atoms with E-state index in [4.69, 9.17) is 16.2 Å². The van der Waals surface area contributed by atoms with Crippen LogP contribution in [0.25, 0.3) is 0 Å². The number of rotatable bonds is 5. The summed E-state index contributed by atoms with van der Waals surface area (Å²) in [5, 5.41) is 18.7. The van der Waals surface area contributed by atoms with Gasteiger partial charge in [0, 0.05) is 5.56 Å². The first-order valence-electron chi connectivity index (χ1n) is 6.62. The van der Waals surface area contributed by atoms with Crippen LogP contribution in [0.3, 0.4) is 0 Å². The number of hydrogen-bond donors (Lipinski definition) is 4. The van der Waals surface area contributed by atoms with Crippen molar-refractivity contribution in [1.29, 1.82) is 5.41 Å². The van der Waals surface area contributed by atoms with Gasteiger partial charge >= 0.3 is 12.0 Å². The number of carboxylic acid groups (broad SMARTS) is 1. The highest BCUT2D eigenvalue weighted by molar-refractivity contribution is 6.09. The Bertz CT molecular complexity index is 655. The molecule has 3 amide bonds. The van der Waals surface area contributed by atoms with Crippen LogP contribution in [0.2, 0.25) is 0 Å². The van der Waals surface area contributed by atoms with Crippen molar-refractivity contribution >= 4 is 23.7 Å². The zero-order valence-corrected chi connectivity index (χ0v) is 11.9. The Morgan fingerprint density at radius 2 is 1.95 bits per heavy atom. The zero-order valence-electron chi connectivity index (χ0n) is 11.9. The minimum atomic E-state index is -1.29. The lowest BCUT2D eigenvalue weighted by Crippen LogP contribution is -2.43. The summed E-state index contributed by atoms with van der Waals surface area (Å²) >= 11 is 0. The molecule has 5 N–H and O–H groups in total. The average Bonchev–Trinajstić information content (AvgIpc) is 2.72. The molecular formula is C14H16N4O4. The van der Waals surface area contributed by atoms with Crippen LogP contribution < -0.4 is 11.1 Å². The second-order valence-corrected chi connectivity index (χ2v) is 4.97. The first-order valence-corrected chi connectivity index (χ1v) is 6.62. The number of urea groups is 1. The number of aliphatic carboxylic acids is 1. The monoisotopic (exact) mass is 304 g/mol. The van der Waals surface area contributed by atoms with Gasteiger partial charge in [0.05, 0.1) is 0 Å². The van der Waals surface area contributed by atoms with Crippen molar-refractivity contribution in [3.05, 3.63) is 35.4 Å². The maximum Gasteiger partial charge on any atom is 0.325 e. The summed E-state index contributed by atoms with van der Waals surface area (Å²) in [7, 11) is 0. The third-order valence-corrected chi connectivity index (χ3v) is 3.69. The van der Waals surface area contributed by atoms with Gasteiger partial charge in [-0.2, -0.15) is 0 Å². The van der Waals surface area contributed by atoms with Gasteiger partial charge in [-0.3, -0.25) is 19.9 Å². The van der Waals surface area contributed by atoms with Gasteiger partial charge in [-0.25, -0.2) is 4.79 Å². The van der Waals surface area contributed by atoms with Crippen molar-refractivity contribution in [2.24, 2.45) is 5.73 Å². The van der Waals surface area contributed by atoms with E-state index in [0.29, 0.717) is 16.0 Å². The first kappa shape index (κ1) is 15.5. The molecule has 8 nitrogen and oxygen atoms in total. The van der Waals surface area contributed by atoms with Gasteiger partial charge in [-0.05, 0) is 12.0 Å². The molecule has 2 rings (SSSR count). The van der Waals surface area contributed by atoms with Crippen molar-refractivity contribution in [2.45, 2.75) is 18.9 Å². The Morgan fingerprint density at radius 3 is 2.41 bits per heavy atom. The number of nitrogens with two attached hydrogens (primary N) is 1. The summed E-state index contributed by atoms with van der Waals surface area (Å²) in [5.41, 5.74) is 5.11. The molecule has 1 heterocycles. The van der Waals surface area contributed by atoms with Crippen molar-refractivity contribution in [3.63, 3.8) is 0 Å². The van der Waals surface area contributed by atoms with Crippen LogP contribution in [-0.4, -0.2) is 40.3 Å². The summed E-state index contributed by atoms with van der Waals surface area (Å²) in [6.45, 7) is 1.04. The number of carbonyl (C=O) groups is 3. The van der Waals surface area contributed by atoms with Gasteiger partial charge < -0.3 is 16.2 Å². The standard InChI is InChI=1S/C14H16N4O4/c1-2-14(9-5-3-8(4-6-9)11(15)16)12(21)18(7-10(19)20)13(22)17-14/h3-6H,2,7H2,1H3,(H3,15,16)(H,17,22)(H,19,20)/t14-/m0/s1. The fraction of sp³-hybridized carbons (Fsp3) is 0.286. The summed E-state index contributed by atoms with van der Waals surface area (Å²) < 4.78 is 0. The van der Waals surface area contributed by atoms with Crippen LogP contribution in [0, 0.1) is 5.41 Å². The highest BCUT2D eigenvalue weighted by Crippen LogP contribution is 2.32. The van der Waals surface area contributed by atoms with Crippen LogP contribution in [0.15, 0.2) is 24.3 Å². The lowest BCUT2D eigenvalue weighted by Gasteiger charge is -2.25. The molecule has 1 aliphatic rings. The normalized spacial score (nSPS) is 20.9. The van der Waals surface area contributed by atoms with E-state index in [0.717, 1.165) is 0 Å². The molecule has 8 heteroatoms. The van der Waals surface area contributed by atoms with E-state index in [1.165, 1.54) is 0 Å². The molecule has 116 valence electrons.